The van der Waals surface area contributed by atoms with E-state index in [4.69, 9.17) is 5.73 Å². The molecule has 0 radical (unpaired) electrons. The summed E-state index contributed by atoms with van der Waals surface area (Å²) < 4.78 is 15.3. The summed E-state index contributed by atoms with van der Waals surface area (Å²) in [4.78, 5) is 23.7. The maximum absolute atomic E-state index is 12.7. The van der Waals surface area contributed by atoms with Crippen LogP contribution in [0.15, 0.2) is 71.6 Å². The first-order valence-electron chi connectivity index (χ1n) is 8.63. The molecule has 1 amide bonds. The molecule has 0 spiro atoms. The lowest BCUT2D eigenvalue weighted by Crippen LogP contribution is -2.25. The molecule has 0 fully saturated rings. The second-order valence-corrected chi connectivity index (χ2v) is 6.22. The quantitative estimate of drug-likeness (QED) is 0.686. The Balaban J connectivity index is 1.89. The van der Waals surface area contributed by atoms with Crippen LogP contribution in [0.25, 0.3) is 16.8 Å². The van der Waals surface area contributed by atoms with Crippen LogP contribution < -0.4 is 16.7 Å². The number of anilines is 1. The summed E-state index contributed by atoms with van der Waals surface area (Å²) in [6.45, 7) is 1.47. The number of aromatic nitrogens is 3. The number of carbonyl (C=O) groups excluding carboxylic acids is 1. The molecule has 0 saturated heterocycles. The van der Waals surface area contributed by atoms with E-state index in [9.17, 15) is 14.0 Å². The van der Waals surface area contributed by atoms with Gasteiger partial charge in [-0.2, -0.15) is 5.10 Å². The zero-order valence-electron chi connectivity index (χ0n) is 15.3. The first kappa shape index (κ1) is 19.2. The van der Waals surface area contributed by atoms with Gasteiger partial charge in [0.1, 0.15) is 6.33 Å². The van der Waals surface area contributed by atoms with Gasteiger partial charge in [0.15, 0.2) is 0 Å². The number of nitrogens with one attached hydrogen (secondary N) is 1. The van der Waals surface area contributed by atoms with Gasteiger partial charge in [-0.05, 0) is 41.0 Å². The van der Waals surface area contributed by atoms with Crippen LogP contribution in [-0.2, 0) is 11.3 Å². The third kappa shape index (κ3) is 4.24. The molecule has 3 aromatic rings. The highest BCUT2D eigenvalue weighted by Crippen LogP contribution is 2.23. The predicted molar refractivity (Wildman–Crippen MR) is 106 cm³/mol. The lowest BCUT2D eigenvalue weighted by atomic mass is 10.0. The average Bonchev–Trinajstić information content (AvgIpc) is 3.06. The molecule has 0 aliphatic heterocycles. The number of hydrogen-bond donors (Lipinski definition) is 2. The summed E-state index contributed by atoms with van der Waals surface area (Å²) in [6, 6.07) is 14.8. The van der Waals surface area contributed by atoms with Crippen molar-refractivity contribution in [1.29, 1.82) is 0 Å². The standard InChI is InChI=1S/C20H20FN5O2/c1-14(27)24-18-7-5-16(6-8-18)17-3-2-4-19(9-17)25-13-23-26(20(25)28)12-15(10-21)11-22/h2-10,13H,11-12,22H2,1H3,(H,24,27)/b15-10+. The number of carbonyl (C=O) groups is 1. The molecular formula is C20H20FN5O2. The Hall–Kier alpha value is -3.52. The maximum Gasteiger partial charge on any atom is 0.350 e. The van der Waals surface area contributed by atoms with E-state index in [-0.39, 0.29) is 30.3 Å². The van der Waals surface area contributed by atoms with Crippen LogP contribution in [0.4, 0.5) is 10.1 Å². The predicted octanol–water partition coefficient (Wildman–Crippen LogP) is 2.47. The van der Waals surface area contributed by atoms with Gasteiger partial charge in [0.25, 0.3) is 0 Å². The van der Waals surface area contributed by atoms with Crippen molar-refractivity contribution in [3.8, 4) is 16.8 Å². The average molecular weight is 381 g/mol. The Labute approximate surface area is 160 Å². The van der Waals surface area contributed by atoms with E-state index in [1.54, 1.807) is 6.07 Å². The maximum atomic E-state index is 12.7. The van der Waals surface area contributed by atoms with Gasteiger partial charge in [-0.15, -0.1) is 0 Å². The number of hydrogen-bond acceptors (Lipinski definition) is 4. The molecule has 0 atom stereocenters. The fourth-order valence-corrected chi connectivity index (χ4v) is 2.74. The number of nitrogens with zero attached hydrogens (tertiary/aromatic N) is 3. The van der Waals surface area contributed by atoms with E-state index in [1.807, 2.05) is 42.5 Å². The van der Waals surface area contributed by atoms with E-state index in [2.05, 4.69) is 10.4 Å². The van der Waals surface area contributed by atoms with Crippen LogP contribution in [-0.4, -0.2) is 26.8 Å². The molecule has 0 aliphatic carbocycles. The van der Waals surface area contributed by atoms with Gasteiger partial charge >= 0.3 is 5.69 Å². The molecule has 3 N–H and O–H groups in total. The normalized spacial score (nSPS) is 11.5. The van der Waals surface area contributed by atoms with Crippen molar-refractivity contribution in [2.45, 2.75) is 13.5 Å². The SMILES string of the molecule is CC(=O)Nc1ccc(-c2cccc(-n3cnn(C/C(=C/F)CN)c3=O)c2)cc1. The Morgan fingerprint density at radius 3 is 2.61 bits per heavy atom. The Kier molecular flexibility index (Phi) is 5.81. The lowest BCUT2D eigenvalue weighted by Gasteiger charge is -2.07. The van der Waals surface area contributed by atoms with Gasteiger partial charge in [0, 0.05) is 19.2 Å². The Morgan fingerprint density at radius 1 is 1.21 bits per heavy atom. The van der Waals surface area contributed by atoms with Crippen molar-refractivity contribution in [3.05, 3.63) is 77.2 Å². The minimum absolute atomic E-state index is 0.00311. The largest absolute Gasteiger partial charge is 0.350 e. The molecule has 0 unspecified atom stereocenters. The lowest BCUT2D eigenvalue weighted by molar-refractivity contribution is -0.114. The van der Waals surface area contributed by atoms with E-state index < -0.39 is 0 Å². The zero-order valence-corrected chi connectivity index (χ0v) is 15.3. The highest BCUT2D eigenvalue weighted by molar-refractivity contribution is 5.89. The molecule has 0 bridgehead atoms. The topological polar surface area (TPSA) is 94.9 Å². The second kappa shape index (κ2) is 8.45. The van der Waals surface area contributed by atoms with E-state index in [1.165, 1.54) is 17.8 Å². The number of nitrogens with two attached hydrogens (primary N) is 1. The molecule has 1 aromatic heterocycles. The van der Waals surface area contributed by atoms with Gasteiger partial charge in [0.2, 0.25) is 5.91 Å². The minimum Gasteiger partial charge on any atom is -0.327 e. The fourth-order valence-electron chi connectivity index (χ4n) is 2.74. The van der Waals surface area contributed by atoms with Crippen molar-refractivity contribution in [3.63, 3.8) is 0 Å². The summed E-state index contributed by atoms with van der Waals surface area (Å²) in [5.74, 6) is -0.133. The van der Waals surface area contributed by atoms with Gasteiger partial charge in [-0.3, -0.25) is 4.79 Å². The molecule has 7 nitrogen and oxygen atoms in total. The van der Waals surface area contributed by atoms with Crippen LogP contribution in [0.3, 0.4) is 0 Å². The third-order valence-corrected chi connectivity index (χ3v) is 4.17. The van der Waals surface area contributed by atoms with Gasteiger partial charge in [-0.1, -0.05) is 24.3 Å². The van der Waals surface area contributed by atoms with E-state index in [0.29, 0.717) is 17.7 Å². The number of rotatable bonds is 6. The first-order valence-corrected chi connectivity index (χ1v) is 8.63. The van der Waals surface area contributed by atoms with Crippen LogP contribution >= 0.6 is 0 Å². The molecule has 8 heteroatoms. The Bertz CT molecular complexity index is 1070. The number of amides is 1. The van der Waals surface area contributed by atoms with Crippen LogP contribution in [0.2, 0.25) is 0 Å². The zero-order chi connectivity index (χ0) is 20.1. The smallest absolute Gasteiger partial charge is 0.327 e. The van der Waals surface area contributed by atoms with Crippen LogP contribution in [0, 0.1) is 0 Å². The van der Waals surface area contributed by atoms with Crippen molar-refractivity contribution in [2.24, 2.45) is 5.73 Å². The highest BCUT2D eigenvalue weighted by Gasteiger charge is 2.09. The molecule has 28 heavy (non-hydrogen) atoms. The van der Waals surface area contributed by atoms with Crippen LogP contribution in [0.1, 0.15) is 6.92 Å². The van der Waals surface area contributed by atoms with Crippen LogP contribution in [0.5, 0.6) is 0 Å². The van der Waals surface area contributed by atoms with Crippen molar-refractivity contribution < 1.29 is 9.18 Å². The van der Waals surface area contributed by atoms with Gasteiger partial charge < -0.3 is 11.1 Å². The minimum atomic E-state index is -0.383. The monoisotopic (exact) mass is 381 g/mol. The molecule has 2 aromatic carbocycles. The molecule has 144 valence electrons. The number of benzene rings is 2. The van der Waals surface area contributed by atoms with Gasteiger partial charge in [0.05, 0.1) is 18.6 Å². The van der Waals surface area contributed by atoms with E-state index in [0.717, 1.165) is 15.8 Å². The van der Waals surface area contributed by atoms with Crippen molar-refractivity contribution >= 4 is 11.6 Å². The summed E-state index contributed by atoms with van der Waals surface area (Å²) in [5, 5.41) is 6.75. The number of halogens is 1. The third-order valence-electron chi connectivity index (χ3n) is 4.17. The van der Waals surface area contributed by atoms with Gasteiger partial charge in [-0.25, -0.2) is 18.4 Å². The molecular weight excluding hydrogens is 361 g/mol. The van der Waals surface area contributed by atoms with E-state index >= 15 is 0 Å². The summed E-state index contributed by atoms with van der Waals surface area (Å²) >= 11 is 0. The molecule has 0 aliphatic rings. The summed E-state index contributed by atoms with van der Waals surface area (Å²) in [6.07, 6.45) is 1.80. The summed E-state index contributed by atoms with van der Waals surface area (Å²) in [7, 11) is 0. The Morgan fingerprint density at radius 2 is 1.96 bits per heavy atom. The summed E-state index contributed by atoms with van der Waals surface area (Å²) in [5.41, 5.74) is 8.51. The van der Waals surface area contributed by atoms with Crippen molar-refractivity contribution in [1.82, 2.24) is 14.3 Å². The first-order chi connectivity index (χ1) is 13.5. The van der Waals surface area contributed by atoms with Crippen molar-refractivity contribution in [2.75, 3.05) is 11.9 Å². The molecule has 1 heterocycles. The molecule has 0 saturated carbocycles. The molecule has 3 rings (SSSR count). The second-order valence-electron chi connectivity index (χ2n) is 6.22. The fraction of sp³-hybridized carbons (Fsp3) is 0.150. The highest BCUT2D eigenvalue weighted by atomic mass is 19.1.